The Balaban J connectivity index is 1.55. The number of nitrogen functional groups attached to an aromatic ring is 1. The zero-order valence-corrected chi connectivity index (χ0v) is 17.4. The maximum atomic E-state index is 5.84. The van der Waals surface area contributed by atoms with Gasteiger partial charge in [-0.05, 0) is 17.7 Å². The molecule has 4 aromatic rings. The molecule has 2 aromatic carbocycles. The Morgan fingerprint density at radius 1 is 0.897 bits per heavy atom. The van der Waals surface area contributed by atoms with Crippen LogP contribution in [0.4, 0.5) is 10.8 Å². The Bertz CT molecular complexity index is 1100. The van der Waals surface area contributed by atoms with Crippen LogP contribution >= 0.6 is 22.7 Å². The molecule has 0 aliphatic carbocycles. The first kappa shape index (κ1) is 18.3. The van der Waals surface area contributed by atoms with Crippen molar-refractivity contribution in [3.63, 3.8) is 0 Å². The van der Waals surface area contributed by atoms with Gasteiger partial charge in [0.05, 0.1) is 23.8 Å². The highest BCUT2D eigenvalue weighted by Crippen LogP contribution is 2.41. The van der Waals surface area contributed by atoms with E-state index in [4.69, 9.17) is 15.5 Å². The summed E-state index contributed by atoms with van der Waals surface area (Å²) < 4.78 is 5.46. The summed E-state index contributed by atoms with van der Waals surface area (Å²) in [4.78, 5) is 12.9. The fourth-order valence-corrected chi connectivity index (χ4v) is 5.12. The number of nitrogens with two attached hydrogens (primary N) is 1. The van der Waals surface area contributed by atoms with Gasteiger partial charge in [0.1, 0.15) is 10.7 Å². The lowest BCUT2D eigenvalue weighted by molar-refractivity contribution is 0.122. The maximum Gasteiger partial charge on any atom is 0.180 e. The molecule has 0 spiro atoms. The van der Waals surface area contributed by atoms with Crippen LogP contribution < -0.4 is 10.6 Å². The smallest absolute Gasteiger partial charge is 0.180 e. The number of hydrogen-bond donors (Lipinski definition) is 1. The van der Waals surface area contributed by atoms with Crippen molar-refractivity contribution in [1.82, 2.24) is 9.97 Å². The Morgan fingerprint density at radius 3 is 2.34 bits per heavy atom. The molecule has 7 heteroatoms. The van der Waals surface area contributed by atoms with Crippen molar-refractivity contribution in [2.24, 2.45) is 0 Å². The van der Waals surface area contributed by atoms with Gasteiger partial charge in [-0.3, -0.25) is 0 Å². The van der Waals surface area contributed by atoms with Gasteiger partial charge in [-0.2, -0.15) is 0 Å². The SMILES string of the molecule is Nc1nc(-c2nc(-c3ccccc3)c(-c3ccc(N4CCOCC4)cc3)s2)cs1. The van der Waals surface area contributed by atoms with E-state index >= 15 is 0 Å². The number of hydrogen-bond acceptors (Lipinski definition) is 7. The van der Waals surface area contributed by atoms with Crippen molar-refractivity contribution in [1.29, 1.82) is 0 Å². The van der Waals surface area contributed by atoms with Gasteiger partial charge in [-0.25, -0.2) is 9.97 Å². The van der Waals surface area contributed by atoms with Gasteiger partial charge in [0.15, 0.2) is 5.13 Å². The van der Waals surface area contributed by atoms with Crippen LogP contribution in [0.3, 0.4) is 0 Å². The summed E-state index contributed by atoms with van der Waals surface area (Å²) in [7, 11) is 0. The van der Waals surface area contributed by atoms with Crippen LogP contribution in [0.1, 0.15) is 0 Å². The molecular formula is C22H20N4OS2. The van der Waals surface area contributed by atoms with Crippen molar-refractivity contribution in [2.75, 3.05) is 36.9 Å². The summed E-state index contributed by atoms with van der Waals surface area (Å²) in [5, 5.41) is 3.42. The molecule has 5 nitrogen and oxygen atoms in total. The summed E-state index contributed by atoms with van der Waals surface area (Å²) >= 11 is 3.10. The van der Waals surface area contributed by atoms with Crippen LogP contribution in [0, 0.1) is 0 Å². The highest BCUT2D eigenvalue weighted by atomic mass is 32.1. The van der Waals surface area contributed by atoms with E-state index in [0.717, 1.165) is 58.7 Å². The van der Waals surface area contributed by atoms with Crippen molar-refractivity contribution in [3.8, 4) is 32.4 Å². The number of benzene rings is 2. The van der Waals surface area contributed by atoms with Crippen LogP contribution in [0.5, 0.6) is 0 Å². The summed E-state index contributed by atoms with van der Waals surface area (Å²) in [6.45, 7) is 3.44. The predicted molar refractivity (Wildman–Crippen MR) is 122 cm³/mol. The van der Waals surface area contributed by atoms with Gasteiger partial charge in [-0.1, -0.05) is 42.5 Å². The Labute approximate surface area is 177 Å². The van der Waals surface area contributed by atoms with E-state index in [2.05, 4.69) is 46.3 Å². The van der Waals surface area contributed by atoms with Gasteiger partial charge in [0.25, 0.3) is 0 Å². The van der Waals surface area contributed by atoms with Gasteiger partial charge < -0.3 is 15.4 Å². The van der Waals surface area contributed by atoms with Crippen molar-refractivity contribution >= 4 is 33.5 Å². The Morgan fingerprint density at radius 2 is 1.66 bits per heavy atom. The van der Waals surface area contributed by atoms with Crippen molar-refractivity contribution < 1.29 is 4.74 Å². The zero-order chi connectivity index (χ0) is 19.6. The van der Waals surface area contributed by atoms with Crippen molar-refractivity contribution in [2.45, 2.75) is 0 Å². The summed E-state index contributed by atoms with van der Waals surface area (Å²) in [6.07, 6.45) is 0. The monoisotopic (exact) mass is 420 g/mol. The first-order chi connectivity index (χ1) is 14.3. The molecule has 29 heavy (non-hydrogen) atoms. The molecule has 3 heterocycles. The molecule has 1 aliphatic heterocycles. The highest BCUT2D eigenvalue weighted by molar-refractivity contribution is 7.19. The summed E-state index contributed by atoms with van der Waals surface area (Å²) in [6, 6.07) is 19.1. The minimum atomic E-state index is 0.563. The van der Waals surface area contributed by atoms with Gasteiger partial charge >= 0.3 is 0 Å². The first-order valence-electron chi connectivity index (χ1n) is 9.49. The Hall–Kier alpha value is -2.74. The molecule has 2 N–H and O–H groups in total. The quantitative estimate of drug-likeness (QED) is 0.502. The van der Waals surface area contributed by atoms with E-state index in [1.807, 2.05) is 23.6 Å². The van der Waals surface area contributed by atoms with Crippen LogP contribution in [-0.2, 0) is 4.74 Å². The van der Waals surface area contributed by atoms with E-state index < -0.39 is 0 Å². The maximum absolute atomic E-state index is 5.84. The molecular weight excluding hydrogens is 400 g/mol. The molecule has 0 radical (unpaired) electrons. The van der Waals surface area contributed by atoms with E-state index in [-0.39, 0.29) is 0 Å². The van der Waals surface area contributed by atoms with E-state index in [0.29, 0.717) is 5.13 Å². The molecule has 146 valence electrons. The van der Waals surface area contributed by atoms with Crippen LogP contribution in [0.2, 0.25) is 0 Å². The third-order valence-corrected chi connectivity index (χ3v) is 6.72. The minimum Gasteiger partial charge on any atom is -0.378 e. The number of ether oxygens (including phenoxy) is 1. The normalized spacial score (nSPS) is 14.3. The summed E-state index contributed by atoms with van der Waals surface area (Å²) in [5.41, 5.74) is 11.2. The molecule has 2 aromatic heterocycles. The molecule has 0 amide bonds. The number of aromatic nitrogens is 2. The molecule has 1 fully saturated rings. The van der Waals surface area contributed by atoms with E-state index in [1.165, 1.54) is 17.0 Å². The fraction of sp³-hybridized carbons (Fsp3) is 0.182. The van der Waals surface area contributed by atoms with Gasteiger partial charge in [0.2, 0.25) is 0 Å². The molecule has 0 atom stereocenters. The third-order valence-electron chi connectivity index (χ3n) is 4.92. The van der Waals surface area contributed by atoms with Gasteiger partial charge in [0, 0.05) is 29.7 Å². The molecule has 0 unspecified atom stereocenters. The number of anilines is 2. The summed E-state index contributed by atoms with van der Waals surface area (Å²) in [5.74, 6) is 0. The second-order valence-corrected chi connectivity index (χ2v) is 8.67. The minimum absolute atomic E-state index is 0.563. The first-order valence-corrected chi connectivity index (χ1v) is 11.2. The lowest BCUT2D eigenvalue weighted by Gasteiger charge is -2.28. The average Bonchev–Trinajstić information content (AvgIpc) is 3.42. The van der Waals surface area contributed by atoms with E-state index in [9.17, 15) is 0 Å². The highest BCUT2D eigenvalue weighted by Gasteiger charge is 2.18. The lowest BCUT2D eigenvalue weighted by Crippen LogP contribution is -2.36. The fourth-order valence-electron chi connectivity index (χ4n) is 3.45. The number of thiazole rings is 2. The molecule has 1 saturated heterocycles. The second-order valence-electron chi connectivity index (χ2n) is 6.78. The number of morpholine rings is 1. The standard InChI is InChI=1S/C22H20N4OS2/c23-22-24-18(14-28-22)21-25-19(15-4-2-1-3-5-15)20(29-21)16-6-8-17(9-7-16)26-10-12-27-13-11-26/h1-9,14H,10-13H2,(H2,23,24). The number of rotatable bonds is 4. The third kappa shape index (κ3) is 3.76. The van der Waals surface area contributed by atoms with Crippen LogP contribution in [0.25, 0.3) is 32.4 Å². The number of nitrogens with zero attached hydrogens (tertiary/aromatic N) is 3. The zero-order valence-electron chi connectivity index (χ0n) is 15.7. The van der Waals surface area contributed by atoms with Crippen LogP contribution in [-0.4, -0.2) is 36.3 Å². The van der Waals surface area contributed by atoms with Crippen molar-refractivity contribution in [3.05, 3.63) is 60.0 Å². The predicted octanol–water partition coefficient (Wildman–Crippen LogP) is 5.02. The topological polar surface area (TPSA) is 64.3 Å². The molecule has 5 rings (SSSR count). The molecule has 0 bridgehead atoms. The largest absolute Gasteiger partial charge is 0.378 e. The molecule has 0 saturated carbocycles. The van der Waals surface area contributed by atoms with Crippen LogP contribution in [0.15, 0.2) is 60.0 Å². The lowest BCUT2D eigenvalue weighted by atomic mass is 10.1. The van der Waals surface area contributed by atoms with E-state index in [1.54, 1.807) is 11.3 Å². The molecule has 1 aliphatic rings. The second kappa shape index (κ2) is 7.94. The Kier molecular flexibility index (Phi) is 5.01. The average molecular weight is 421 g/mol. The van der Waals surface area contributed by atoms with Gasteiger partial charge in [-0.15, -0.1) is 22.7 Å².